The number of benzene rings is 1. The average molecular weight is 310 g/mol. The molecule has 1 amide bonds. The predicted octanol–water partition coefficient (Wildman–Crippen LogP) is 2.01. The SMILES string of the molecule is COCCn1c(CNC(=O)c2ccncc2)nc2ccccc21. The third-order valence-corrected chi connectivity index (χ3v) is 3.60. The number of hydrogen-bond acceptors (Lipinski definition) is 4. The number of ether oxygens (including phenoxy) is 1. The number of nitrogens with one attached hydrogen (secondary N) is 1. The molecule has 3 rings (SSSR count). The van der Waals surface area contributed by atoms with Crippen LogP contribution in [0, 0.1) is 0 Å². The molecule has 0 aliphatic carbocycles. The van der Waals surface area contributed by atoms with Crippen molar-refractivity contribution in [3.63, 3.8) is 0 Å². The number of carbonyl (C=O) groups excluding carboxylic acids is 1. The van der Waals surface area contributed by atoms with Gasteiger partial charge in [0.15, 0.2) is 0 Å². The van der Waals surface area contributed by atoms with Gasteiger partial charge in [-0.15, -0.1) is 0 Å². The van der Waals surface area contributed by atoms with E-state index in [-0.39, 0.29) is 5.91 Å². The van der Waals surface area contributed by atoms with Gasteiger partial charge in [0.25, 0.3) is 5.91 Å². The number of aromatic nitrogens is 3. The molecule has 3 aromatic rings. The number of amides is 1. The Balaban J connectivity index is 1.80. The molecule has 118 valence electrons. The van der Waals surface area contributed by atoms with Gasteiger partial charge in [-0.3, -0.25) is 9.78 Å². The van der Waals surface area contributed by atoms with E-state index in [1.54, 1.807) is 31.6 Å². The highest BCUT2D eigenvalue weighted by Crippen LogP contribution is 2.16. The molecule has 6 heteroatoms. The number of para-hydroxylation sites is 2. The van der Waals surface area contributed by atoms with Crippen molar-refractivity contribution in [2.45, 2.75) is 13.1 Å². The molecule has 0 bridgehead atoms. The Kier molecular flexibility index (Phi) is 4.63. The number of rotatable bonds is 6. The lowest BCUT2D eigenvalue weighted by atomic mass is 10.2. The zero-order valence-corrected chi connectivity index (χ0v) is 12.9. The van der Waals surface area contributed by atoms with Gasteiger partial charge in [0.1, 0.15) is 5.82 Å². The second kappa shape index (κ2) is 7.02. The van der Waals surface area contributed by atoms with Crippen LogP contribution in [0.1, 0.15) is 16.2 Å². The minimum Gasteiger partial charge on any atom is -0.383 e. The van der Waals surface area contributed by atoms with Gasteiger partial charge in [-0.25, -0.2) is 4.98 Å². The summed E-state index contributed by atoms with van der Waals surface area (Å²) in [6, 6.07) is 11.3. The van der Waals surface area contributed by atoms with Crippen molar-refractivity contribution in [1.29, 1.82) is 0 Å². The van der Waals surface area contributed by atoms with E-state index in [1.807, 2.05) is 24.3 Å². The van der Waals surface area contributed by atoms with Crippen LogP contribution in [0.2, 0.25) is 0 Å². The van der Waals surface area contributed by atoms with Crippen LogP contribution in [0.25, 0.3) is 11.0 Å². The summed E-state index contributed by atoms with van der Waals surface area (Å²) < 4.78 is 7.25. The fraction of sp³-hybridized carbons (Fsp3) is 0.235. The normalized spacial score (nSPS) is 10.8. The molecule has 1 aromatic carbocycles. The lowest BCUT2D eigenvalue weighted by Crippen LogP contribution is -2.25. The van der Waals surface area contributed by atoms with Crippen LogP contribution in [-0.2, 0) is 17.8 Å². The Morgan fingerprint density at radius 3 is 2.78 bits per heavy atom. The topological polar surface area (TPSA) is 69.0 Å². The molecule has 6 nitrogen and oxygen atoms in total. The molecular formula is C17H18N4O2. The summed E-state index contributed by atoms with van der Waals surface area (Å²) in [4.78, 5) is 20.7. The molecule has 2 aromatic heterocycles. The number of fused-ring (bicyclic) bond motifs is 1. The van der Waals surface area contributed by atoms with Gasteiger partial charge >= 0.3 is 0 Å². The standard InChI is InChI=1S/C17H18N4O2/c1-23-11-10-21-15-5-3-2-4-14(15)20-16(21)12-19-17(22)13-6-8-18-9-7-13/h2-9H,10-12H2,1H3,(H,19,22). The van der Waals surface area contributed by atoms with Crippen LogP contribution in [0.15, 0.2) is 48.8 Å². The van der Waals surface area contributed by atoms with Crippen LogP contribution in [0.5, 0.6) is 0 Å². The predicted molar refractivity (Wildman–Crippen MR) is 87.0 cm³/mol. The fourth-order valence-corrected chi connectivity index (χ4v) is 2.46. The van der Waals surface area contributed by atoms with Crippen molar-refractivity contribution in [1.82, 2.24) is 19.9 Å². The summed E-state index contributed by atoms with van der Waals surface area (Å²) in [5.41, 5.74) is 2.54. The molecule has 0 unspecified atom stereocenters. The maximum atomic E-state index is 12.2. The molecule has 0 aliphatic rings. The summed E-state index contributed by atoms with van der Waals surface area (Å²) >= 11 is 0. The molecule has 0 radical (unpaired) electrons. The third-order valence-electron chi connectivity index (χ3n) is 3.60. The van der Waals surface area contributed by atoms with Gasteiger partial charge in [0.05, 0.1) is 24.2 Å². The first-order chi connectivity index (χ1) is 11.3. The van der Waals surface area contributed by atoms with Crippen molar-refractivity contribution in [3.05, 3.63) is 60.2 Å². The van der Waals surface area contributed by atoms with E-state index in [9.17, 15) is 4.79 Å². The summed E-state index contributed by atoms with van der Waals surface area (Å²) in [7, 11) is 1.67. The Labute approximate surface area is 134 Å². The molecule has 0 saturated heterocycles. The maximum Gasteiger partial charge on any atom is 0.251 e. The Hall–Kier alpha value is -2.73. The molecular weight excluding hydrogens is 292 g/mol. The Morgan fingerprint density at radius 1 is 1.22 bits per heavy atom. The van der Waals surface area contributed by atoms with Crippen molar-refractivity contribution in [2.24, 2.45) is 0 Å². The summed E-state index contributed by atoms with van der Waals surface area (Å²) in [6.07, 6.45) is 3.20. The molecule has 23 heavy (non-hydrogen) atoms. The molecule has 1 N–H and O–H groups in total. The minimum atomic E-state index is -0.141. The van der Waals surface area contributed by atoms with E-state index >= 15 is 0 Å². The first kappa shape index (κ1) is 15.2. The second-order valence-electron chi connectivity index (χ2n) is 5.08. The van der Waals surface area contributed by atoms with E-state index in [4.69, 9.17) is 4.74 Å². The average Bonchev–Trinajstić information content (AvgIpc) is 2.96. The molecule has 0 aliphatic heterocycles. The molecule has 0 fully saturated rings. The smallest absolute Gasteiger partial charge is 0.251 e. The first-order valence-electron chi connectivity index (χ1n) is 7.41. The highest BCUT2D eigenvalue weighted by atomic mass is 16.5. The molecule has 0 spiro atoms. The Bertz CT molecular complexity index is 799. The fourth-order valence-electron chi connectivity index (χ4n) is 2.46. The van der Waals surface area contributed by atoms with Crippen LogP contribution >= 0.6 is 0 Å². The number of imidazole rings is 1. The van der Waals surface area contributed by atoms with Crippen LogP contribution < -0.4 is 5.32 Å². The van der Waals surface area contributed by atoms with E-state index in [1.165, 1.54) is 0 Å². The van der Waals surface area contributed by atoms with E-state index in [0.717, 1.165) is 16.9 Å². The Morgan fingerprint density at radius 2 is 2.00 bits per heavy atom. The number of hydrogen-bond donors (Lipinski definition) is 1. The maximum absolute atomic E-state index is 12.2. The largest absolute Gasteiger partial charge is 0.383 e. The number of pyridine rings is 1. The number of carbonyl (C=O) groups is 1. The van der Waals surface area contributed by atoms with Gasteiger partial charge in [-0.05, 0) is 24.3 Å². The van der Waals surface area contributed by atoms with Crippen molar-refractivity contribution in [3.8, 4) is 0 Å². The van der Waals surface area contributed by atoms with Crippen molar-refractivity contribution in [2.75, 3.05) is 13.7 Å². The second-order valence-corrected chi connectivity index (χ2v) is 5.08. The van der Waals surface area contributed by atoms with Gasteiger partial charge in [0.2, 0.25) is 0 Å². The van der Waals surface area contributed by atoms with Gasteiger partial charge in [-0.2, -0.15) is 0 Å². The van der Waals surface area contributed by atoms with Crippen molar-refractivity contribution < 1.29 is 9.53 Å². The first-order valence-corrected chi connectivity index (χ1v) is 7.41. The van der Waals surface area contributed by atoms with E-state index < -0.39 is 0 Å². The van der Waals surface area contributed by atoms with Gasteiger partial charge < -0.3 is 14.6 Å². The molecule has 2 heterocycles. The van der Waals surface area contributed by atoms with E-state index in [2.05, 4.69) is 19.9 Å². The lowest BCUT2D eigenvalue weighted by Gasteiger charge is -2.09. The molecule has 0 atom stereocenters. The lowest BCUT2D eigenvalue weighted by molar-refractivity contribution is 0.0949. The van der Waals surface area contributed by atoms with Crippen LogP contribution in [0.3, 0.4) is 0 Å². The number of methoxy groups -OCH3 is 1. The zero-order valence-electron chi connectivity index (χ0n) is 12.9. The zero-order chi connectivity index (χ0) is 16.1. The quantitative estimate of drug-likeness (QED) is 0.756. The summed E-state index contributed by atoms with van der Waals surface area (Å²) in [5.74, 6) is 0.670. The van der Waals surface area contributed by atoms with Crippen LogP contribution in [-0.4, -0.2) is 34.2 Å². The highest BCUT2D eigenvalue weighted by molar-refractivity contribution is 5.93. The van der Waals surface area contributed by atoms with E-state index in [0.29, 0.717) is 25.3 Å². The summed E-state index contributed by atoms with van der Waals surface area (Å²) in [5, 5.41) is 2.90. The van der Waals surface area contributed by atoms with Gasteiger partial charge in [0, 0.05) is 31.6 Å². The van der Waals surface area contributed by atoms with Crippen molar-refractivity contribution >= 4 is 16.9 Å². The number of nitrogens with zero attached hydrogens (tertiary/aromatic N) is 3. The van der Waals surface area contributed by atoms with Crippen LogP contribution in [0.4, 0.5) is 0 Å². The third kappa shape index (κ3) is 3.37. The minimum absolute atomic E-state index is 0.141. The monoisotopic (exact) mass is 310 g/mol. The molecule has 0 saturated carbocycles. The highest BCUT2D eigenvalue weighted by Gasteiger charge is 2.12. The van der Waals surface area contributed by atoms with Gasteiger partial charge in [-0.1, -0.05) is 12.1 Å². The summed E-state index contributed by atoms with van der Waals surface area (Å²) in [6.45, 7) is 1.64.